The summed E-state index contributed by atoms with van der Waals surface area (Å²) in [4.78, 5) is 4.33. The lowest BCUT2D eigenvalue weighted by Gasteiger charge is -2.34. The fraction of sp³-hybridized carbons (Fsp3) is 0.308. The lowest BCUT2D eigenvalue weighted by molar-refractivity contribution is 0.513. The minimum absolute atomic E-state index is 0.673. The molecule has 0 unspecified atom stereocenters. The number of rotatable bonds is 11. The van der Waals surface area contributed by atoms with Crippen LogP contribution in [-0.4, -0.2) is 25.5 Å². The van der Waals surface area contributed by atoms with Gasteiger partial charge in [-0.15, -0.1) is 0 Å². The third kappa shape index (κ3) is 6.31. The zero-order valence-corrected chi connectivity index (χ0v) is 20.2. The predicted octanol–water partition coefficient (Wildman–Crippen LogP) is 5.80. The van der Waals surface area contributed by atoms with Crippen molar-refractivity contribution < 1.29 is 0 Å². The topological polar surface area (TPSA) is 30.5 Å². The third-order valence-electron chi connectivity index (χ3n) is 5.18. The first kappa shape index (κ1) is 24.4. The lowest BCUT2D eigenvalue weighted by atomic mass is 10.1. The van der Waals surface area contributed by atoms with Crippen LogP contribution in [-0.2, 0) is 13.0 Å². The van der Waals surface area contributed by atoms with E-state index in [1.807, 2.05) is 31.1 Å². The van der Waals surface area contributed by atoms with E-state index in [2.05, 4.69) is 79.8 Å². The summed E-state index contributed by atoms with van der Waals surface area (Å²) in [5.74, 6) is 0.865. The molecule has 0 aliphatic rings. The standard InChI is InChI=1S/C26H35ClN4/c1-8-21-12-11-13-24(17-21)31(18-22-14-15-23(27)16-19(22)4)25(20(5)30(6)7)26(28-9-2)29-10-3/h9,11-17,28-29H,2,5,8,10,18H2,1,3-4,6-7H3/b26-25-. The van der Waals surface area contributed by atoms with Crippen LogP contribution >= 0.6 is 11.6 Å². The summed E-state index contributed by atoms with van der Waals surface area (Å²) in [5, 5.41) is 7.49. The first-order chi connectivity index (χ1) is 14.8. The van der Waals surface area contributed by atoms with Gasteiger partial charge in [-0.05, 0) is 67.4 Å². The summed E-state index contributed by atoms with van der Waals surface area (Å²) < 4.78 is 0. The van der Waals surface area contributed by atoms with E-state index >= 15 is 0 Å². The Balaban J connectivity index is 2.74. The van der Waals surface area contributed by atoms with Gasteiger partial charge in [0.1, 0.15) is 11.5 Å². The average molecular weight is 439 g/mol. The van der Waals surface area contributed by atoms with E-state index in [4.69, 9.17) is 11.6 Å². The van der Waals surface area contributed by atoms with Gasteiger partial charge < -0.3 is 20.4 Å². The maximum Gasteiger partial charge on any atom is 0.129 e. The Kier molecular flexibility index (Phi) is 9.07. The number of halogens is 1. The highest BCUT2D eigenvalue weighted by atomic mass is 35.5. The smallest absolute Gasteiger partial charge is 0.129 e. The van der Waals surface area contributed by atoms with Crippen molar-refractivity contribution in [3.8, 4) is 0 Å². The maximum absolute atomic E-state index is 6.22. The minimum Gasteiger partial charge on any atom is -0.376 e. The van der Waals surface area contributed by atoms with Crippen LogP contribution in [0.1, 0.15) is 30.5 Å². The van der Waals surface area contributed by atoms with Crippen molar-refractivity contribution in [2.24, 2.45) is 0 Å². The minimum atomic E-state index is 0.673. The molecular formula is C26H35ClN4. The highest BCUT2D eigenvalue weighted by molar-refractivity contribution is 6.30. The number of nitrogens with zero attached hydrogens (tertiary/aromatic N) is 2. The monoisotopic (exact) mass is 438 g/mol. The van der Waals surface area contributed by atoms with E-state index in [1.54, 1.807) is 6.20 Å². The third-order valence-corrected chi connectivity index (χ3v) is 5.42. The molecule has 31 heavy (non-hydrogen) atoms. The van der Waals surface area contributed by atoms with Gasteiger partial charge in [-0.1, -0.05) is 49.9 Å². The molecule has 2 N–H and O–H groups in total. The summed E-state index contributed by atoms with van der Waals surface area (Å²) in [6, 6.07) is 14.7. The number of benzene rings is 2. The van der Waals surface area contributed by atoms with Gasteiger partial charge in [0.05, 0.1) is 5.70 Å². The zero-order valence-electron chi connectivity index (χ0n) is 19.4. The van der Waals surface area contributed by atoms with Gasteiger partial charge >= 0.3 is 0 Å². The molecule has 0 bridgehead atoms. The van der Waals surface area contributed by atoms with Crippen molar-refractivity contribution in [2.75, 3.05) is 25.5 Å². The van der Waals surface area contributed by atoms with Crippen molar-refractivity contribution in [1.29, 1.82) is 0 Å². The van der Waals surface area contributed by atoms with E-state index in [1.165, 1.54) is 11.1 Å². The zero-order chi connectivity index (χ0) is 23.0. The number of hydrogen-bond donors (Lipinski definition) is 2. The molecule has 0 saturated carbocycles. The fourth-order valence-corrected chi connectivity index (χ4v) is 3.61. The molecule has 5 heteroatoms. The van der Waals surface area contributed by atoms with Gasteiger partial charge in [-0.3, -0.25) is 0 Å². The molecule has 0 saturated heterocycles. The second-order valence-electron chi connectivity index (χ2n) is 7.62. The largest absolute Gasteiger partial charge is 0.376 e. The maximum atomic E-state index is 6.22. The van der Waals surface area contributed by atoms with Crippen molar-refractivity contribution in [3.05, 3.63) is 101 Å². The summed E-state index contributed by atoms with van der Waals surface area (Å²) in [5.41, 5.74) is 6.60. The Bertz CT molecular complexity index is 946. The van der Waals surface area contributed by atoms with Gasteiger partial charge in [0.2, 0.25) is 0 Å². The predicted molar refractivity (Wildman–Crippen MR) is 135 cm³/mol. The van der Waals surface area contributed by atoms with Gasteiger partial charge in [0.15, 0.2) is 0 Å². The van der Waals surface area contributed by atoms with Crippen LogP contribution in [0.2, 0.25) is 5.02 Å². The molecule has 0 aromatic heterocycles. The van der Waals surface area contributed by atoms with Crippen LogP contribution in [0.3, 0.4) is 0 Å². The average Bonchev–Trinajstić information content (AvgIpc) is 2.74. The number of hydrogen-bond acceptors (Lipinski definition) is 4. The summed E-state index contributed by atoms with van der Waals surface area (Å²) >= 11 is 6.22. The molecule has 2 aromatic carbocycles. The second kappa shape index (κ2) is 11.5. The molecule has 0 atom stereocenters. The van der Waals surface area contributed by atoms with Crippen LogP contribution in [0, 0.1) is 6.92 Å². The number of anilines is 1. The van der Waals surface area contributed by atoms with Crippen molar-refractivity contribution in [1.82, 2.24) is 15.5 Å². The Morgan fingerprint density at radius 2 is 1.87 bits per heavy atom. The molecule has 4 nitrogen and oxygen atoms in total. The lowest BCUT2D eigenvalue weighted by Crippen LogP contribution is -2.35. The number of likely N-dealkylation sites (N-methyl/N-ethyl adjacent to an activating group) is 1. The number of aryl methyl sites for hydroxylation is 2. The van der Waals surface area contributed by atoms with Crippen LogP contribution in [0.15, 0.2) is 79.0 Å². The molecular weight excluding hydrogens is 404 g/mol. The van der Waals surface area contributed by atoms with Crippen LogP contribution in [0.5, 0.6) is 0 Å². The van der Waals surface area contributed by atoms with E-state index < -0.39 is 0 Å². The molecule has 0 radical (unpaired) electrons. The van der Waals surface area contributed by atoms with E-state index in [0.717, 1.165) is 46.5 Å². The molecule has 0 aliphatic carbocycles. The quantitative estimate of drug-likeness (QED) is 0.434. The highest BCUT2D eigenvalue weighted by Crippen LogP contribution is 2.30. The van der Waals surface area contributed by atoms with Crippen LogP contribution in [0.25, 0.3) is 0 Å². The summed E-state index contributed by atoms with van der Waals surface area (Å²) in [6.07, 6.45) is 2.66. The Morgan fingerprint density at radius 1 is 1.13 bits per heavy atom. The van der Waals surface area contributed by atoms with Crippen molar-refractivity contribution in [2.45, 2.75) is 33.7 Å². The van der Waals surface area contributed by atoms with E-state index in [-0.39, 0.29) is 0 Å². The summed E-state index contributed by atoms with van der Waals surface area (Å²) in [7, 11) is 4.02. The molecule has 0 aliphatic heterocycles. The molecule has 166 valence electrons. The Morgan fingerprint density at radius 3 is 2.45 bits per heavy atom. The van der Waals surface area contributed by atoms with Gasteiger partial charge in [-0.2, -0.15) is 0 Å². The van der Waals surface area contributed by atoms with Gasteiger partial charge in [0.25, 0.3) is 0 Å². The Labute approximate surface area is 192 Å². The van der Waals surface area contributed by atoms with Crippen LogP contribution < -0.4 is 15.5 Å². The Hall–Kier alpha value is -2.85. The van der Waals surface area contributed by atoms with Crippen LogP contribution in [0.4, 0.5) is 5.69 Å². The SMILES string of the molecule is C=CN/C(NCC)=C(\C(=C)N(C)C)N(Cc1ccc(Cl)cc1C)c1cccc(CC)c1. The first-order valence-corrected chi connectivity index (χ1v) is 11.0. The van der Waals surface area contributed by atoms with E-state index in [9.17, 15) is 0 Å². The molecule has 2 rings (SSSR count). The molecule has 0 amide bonds. The number of nitrogens with one attached hydrogen (secondary N) is 2. The van der Waals surface area contributed by atoms with Crippen molar-refractivity contribution in [3.63, 3.8) is 0 Å². The molecule has 0 fully saturated rings. The molecule has 2 aromatic rings. The first-order valence-electron chi connectivity index (χ1n) is 10.7. The second-order valence-corrected chi connectivity index (χ2v) is 8.06. The fourth-order valence-electron chi connectivity index (χ4n) is 3.38. The van der Waals surface area contributed by atoms with Gasteiger partial charge in [-0.25, -0.2) is 0 Å². The van der Waals surface area contributed by atoms with E-state index in [0.29, 0.717) is 6.54 Å². The van der Waals surface area contributed by atoms with Crippen molar-refractivity contribution >= 4 is 17.3 Å². The molecule has 0 spiro atoms. The summed E-state index contributed by atoms with van der Waals surface area (Å²) in [6.45, 7) is 16.1. The van der Waals surface area contributed by atoms with Gasteiger partial charge in [0, 0.05) is 37.9 Å². The highest BCUT2D eigenvalue weighted by Gasteiger charge is 2.22. The molecule has 0 heterocycles. The normalized spacial score (nSPS) is 11.4.